The molecule has 0 saturated carbocycles. The van der Waals surface area contributed by atoms with Crippen LogP contribution < -0.4 is 10.9 Å². The summed E-state index contributed by atoms with van der Waals surface area (Å²) in [6.07, 6.45) is 0.405. The summed E-state index contributed by atoms with van der Waals surface area (Å²) in [5.74, 6) is -0.394. The Hall–Kier alpha value is -1.62. The lowest BCUT2D eigenvalue weighted by atomic mass is 9.98. The molecule has 5 heteroatoms. The molecular formula is C11H15NO4. The van der Waals surface area contributed by atoms with Crippen molar-refractivity contribution < 1.29 is 14.3 Å². The number of carbonyl (C=O) groups excluding carboxylic acids is 1. The van der Waals surface area contributed by atoms with Crippen LogP contribution in [-0.2, 0) is 0 Å². The maximum Gasteiger partial charge on any atom is 0.335 e. The first-order chi connectivity index (χ1) is 7.33. The molecule has 1 rings (SSSR count). The lowest BCUT2D eigenvalue weighted by Crippen LogP contribution is -2.51. The average Bonchev–Trinajstić information content (AvgIpc) is 2.17. The lowest BCUT2D eigenvalue weighted by molar-refractivity contribution is 0.0707. The van der Waals surface area contributed by atoms with E-state index in [2.05, 4.69) is 9.73 Å². The van der Waals surface area contributed by atoms with Crippen molar-refractivity contribution in [2.75, 3.05) is 0 Å². The SMILES string of the molecule is CC(O)C(C)(C)NC(=O)c1ccc(=O)oc1. The summed E-state index contributed by atoms with van der Waals surface area (Å²) in [5.41, 5.74) is -1.01. The van der Waals surface area contributed by atoms with Crippen LogP contribution >= 0.6 is 0 Å². The first-order valence-corrected chi connectivity index (χ1v) is 4.92. The number of carbonyl (C=O) groups is 1. The highest BCUT2D eigenvalue weighted by Gasteiger charge is 2.26. The van der Waals surface area contributed by atoms with Crippen LogP contribution in [0.4, 0.5) is 0 Å². The summed E-state index contributed by atoms with van der Waals surface area (Å²) in [4.78, 5) is 22.4. The number of aliphatic hydroxyl groups is 1. The maximum absolute atomic E-state index is 11.7. The molecule has 1 atom stereocenters. The second-order valence-corrected chi connectivity index (χ2v) is 4.20. The van der Waals surface area contributed by atoms with E-state index in [4.69, 9.17) is 0 Å². The van der Waals surface area contributed by atoms with E-state index in [1.165, 1.54) is 12.1 Å². The van der Waals surface area contributed by atoms with E-state index in [1.807, 2.05) is 0 Å². The zero-order chi connectivity index (χ0) is 12.3. The normalized spacial score (nSPS) is 13.2. The summed E-state index contributed by atoms with van der Waals surface area (Å²) in [6.45, 7) is 4.99. The molecule has 0 aliphatic carbocycles. The Labute approximate surface area is 93.1 Å². The predicted molar refractivity (Wildman–Crippen MR) is 58.2 cm³/mol. The van der Waals surface area contributed by atoms with Gasteiger partial charge in [-0.15, -0.1) is 0 Å². The minimum atomic E-state index is -0.743. The standard InChI is InChI=1S/C11H15NO4/c1-7(13)11(2,3)12-10(15)8-4-5-9(14)16-6-8/h4-7,13H,1-3H3,(H,12,15). The molecule has 0 bridgehead atoms. The number of nitrogens with one attached hydrogen (secondary N) is 1. The molecule has 1 unspecified atom stereocenters. The number of hydrogen-bond acceptors (Lipinski definition) is 4. The van der Waals surface area contributed by atoms with Gasteiger partial charge in [0.1, 0.15) is 6.26 Å². The van der Waals surface area contributed by atoms with Gasteiger partial charge in [-0.05, 0) is 26.8 Å². The highest BCUT2D eigenvalue weighted by atomic mass is 16.4. The van der Waals surface area contributed by atoms with Crippen LogP contribution in [-0.4, -0.2) is 22.7 Å². The van der Waals surface area contributed by atoms with Crippen LogP contribution in [0.1, 0.15) is 31.1 Å². The molecule has 0 fully saturated rings. The van der Waals surface area contributed by atoms with Gasteiger partial charge in [0.2, 0.25) is 0 Å². The van der Waals surface area contributed by atoms with E-state index >= 15 is 0 Å². The van der Waals surface area contributed by atoms with Gasteiger partial charge in [0.15, 0.2) is 0 Å². The van der Waals surface area contributed by atoms with Crippen molar-refractivity contribution in [1.82, 2.24) is 5.32 Å². The summed E-state index contributed by atoms with van der Waals surface area (Å²) >= 11 is 0. The second-order valence-electron chi connectivity index (χ2n) is 4.20. The van der Waals surface area contributed by atoms with Crippen molar-refractivity contribution in [2.24, 2.45) is 0 Å². The lowest BCUT2D eigenvalue weighted by Gasteiger charge is -2.29. The third kappa shape index (κ3) is 2.93. The minimum absolute atomic E-state index is 0.244. The molecule has 88 valence electrons. The number of aliphatic hydroxyl groups excluding tert-OH is 1. The molecule has 1 amide bonds. The number of hydrogen-bond donors (Lipinski definition) is 2. The zero-order valence-electron chi connectivity index (χ0n) is 9.48. The van der Waals surface area contributed by atoms with E-state index in [0.29, 0.717) is 0 Å². The van der Waals surface area contributed by atoms with Crippen molar-refractivity contribution in [3.63, 3.8) is 0 Å². The molecule has 1 heterocycles. The van der Waals surface area contributed by atoms with Crippen molar-refractivity contribution >= 4 is 5.91 Å². The fourth-order valence-electron chi connectivity index (χ4n) is 0.956. The maximum atomic E-state index is 11.7. The first-order valence-electron chi connectivity index (χ1n) is 4.92. The Morgan fingerprint density at radius 2 is 2.12 bits per heavy atom. The quantitative estimate of drug-likeness (QED) is 0.786. The van der Waals surface area contributed by atoms with Crippen molar-refractivity contribution in [3.8, 4) is 0 Å². The molecule has 0 radical (unpaired) electrons. The van der Waals surface area contributed by atoms with Gasteiger partial charge in [-0.1, -0.05) is 0 Å². The smallest absolute Gasteiger partial charge is 0.335 e. The van der Waals surface area contributed by atoms with Crippen molar-refractivity contribution in [1.29, 1.82) is 0 Å². The molecular weight excluding hydrogens is 210 g/mol. The molecule has 0 aliphatic rings. The highest BCUT2D eigenvalue weighted by molar-refractivity contribution is 5.94. The number of amides is 1. The predicted octanol–water partition coefficient (Wildman–Crippen LogP) is 0.529. The van der Waals surface area contributed by atoms with Gasteiger partial charge in [0, 0.05) is 6.07 Å². The van der Waals surface area contributed by atoms with Gasteiger partial charge in [-0.25, -0.2) is 4.79 Å². The summed E-state index contributed by atoms with van der Waals surface area (Å²) in [5, 5.41) is 12.1. The van der Waals surface area contributed by atoms with Crippen LogP contribution in [0.3, 0.4) is 0 Å². The van der Waals surface area contributed by atoms with Gasteiger partial charge in [0.05, 0.1) is 17.2 Å². The molecule has 0 aromatic carbocycles. The molecule has 2 N–H and O–H groups in total. The monoisotopic (exact) mass is 225 g/mol. The van der Waals surface area contributed by atoms with E-state index < -0.39 is 23.2 Å². The zero-order valence-corrected chi connectivity index (χ0v) is 9.48. The van der Waals surface area contributed by atoms with Crippen LogP contribution in [0.25, 0.3) is 0 Å². The molecule has 5 nitrogen and oxygen atoms in total. The van der Waals surface area contributed by atoms with Gasteiger partial charge in [0.25, 0.3) is 5.91 Å². The first kappa shape index (κ1) is 12.4. The Bertz CT molecular complexity index is 413. The van der Waals surface area contributed by atoms with E-state index in [9.17, 15) is 14.7 Å². The van der Waals surface area contributed by atoms with Crippen LogP contribution in [0.2, 0.25) is 0 Å². The van der Waals surface area contributed by atoms with Crippen molar-refractivity contribution in [2.45, 2.75) is 32.4 Å². The second kappa shape index (κ2) is 4.49. The third-order valence-electron chi connectivity index (χ3n) is 2.44. The van der Waals surface area contributed by atoms with Gasteiger partial charge < -0.3 is 14.8 Å². The Morgan fingerprint density at radius 1 is 1.50 bits per heavy atom. The summed E-state index contributed by atoms with van der Waals surface area (Å²) in [6, 6.07) is 2.55. The Kier molecular flexibility index (Phi) is 3.49. The molecule has 1 aromatic heterocycles. The average molecular weight is 225 g/mol. The topological polar surface area (TPSA) is 79.5 Å². The summed E-state index contributed by atoms with van der Waals surface area (Å²) in [7, 11) is 0. The molecule has 0 spiro atoms. The minimum Gasteiger partial charge on any atom is -0.430 e. The van der Waals surface area contributed by atoms with Crippen LogP contribution in [0.15, 0.2) is 27.6 Å². The third-order valence-corrected chi connectivity index (χ3v) is 2.44. The molecule has 0 aliphatic heterocycles. The largest absolute Gasteiger partial charge is 0.430 e. The van der Waals surface area contributed by atoms with Gasteiger partial charge in [-0.3, -0.25) is 4.79 Å². The molecule has 1 aromatic rings. The molecule has 0 saturated heterocycles. The van der Waals surface area contributed by atoms with Gasteiger partial charge >= 0.3 is 5.63 Å². The fraction of sp³-hybridized carbons (Fsp3) is 0.455. The highest BCUT2D eigenvalue weighted by Crippen LogP contribution is 2.09. The van der Waals surface area contributed by atoms with Crippen molar-refractivity contribution in [3.05, 3.63) is 34.4 Å². The van der Waals surface area contributed by atoms with Crippen LogP contribution in [0, 0.1) is 0 Å². The fourth-order valence-corrected chi connectivity index (χ4v) is 0.956. The van der Waals surface area contributed by atoms with Crippen LogP contribution in [0.5, 0.6) is 0 Å². The summed E-state index contributed by atoms with van der Waals surface area (Å²) < 4.78 is 4.58. The van der Waals surface area contributed by atoms with E-state index in [-0.39, 0.29) is 5.56 Å². The number of rotatable bonds is 3. The van der Waals surface area contributed by atoms with E-state index in [1.54, 1.807) is 20.8 Å². The van der Waals surface area contributed by atoms with E-state index in [0.717, 1.165) is 6.26 Å². The van der Waals surface area contributed by atoms with Gasteiger partial charge in [-0.2, -0.15) is 0 Å². The Balaban J connectivity index is 2.80. The Morgan fingerprint density at radius 3 is 2.56 bits per heavy atom. The molecule has 16 heavy (non-hydrogen) atoms.